The Bertz CT molecular complexity index is 552. The zero-order valence-electron chi connectivity index (χ0n) is 30.9. The van der Waals surface area contributed by atoms with Crippen LogP contribution in [0.4, 0.5) is 0 Å². The standard InChI is InChI=1S/C22H44O.C12H27O4P.C4H10O/c1-3-5-6-7-8-9-10-11-12-13-14-15-16-17-18-19-20-21-22-23-4-2;1-2-3-4-5-6-7-8-9-10-11-12-16-17(13,14)15;1-3-5-4-2/h4H,2-3,5-22H2,1H3;2-12H2,1H3,(H2,13,14,15);3-4H2,1-2H3. The van der Waals surface area contributed by atoms with Crippen molar-refractivity contribution in [1.82, 2.24) is 0 Å². The van der Waals surface area contributed by atoms with Crippen LogP contribution in [0, 0.1) is 0 Å². The second-order valence-corrected chi connectivity index (χ2v) is 13.6. The second-order valence-electron chi connectivity index (χ2n) is 12.3. The first-order valence-electron chi connectivity index (χ1n) is 19.4. The lowest BCUT2D eigenvalue weighted by atomic mass is 10.0. The van der Waals surface area contributed by atoms with Gasteiger partial charge in [-0.1, -0.05) is 187 Å². The minimum Gasteiger partial charge on any atom is -0.502 e. The van der Waals surface area contributed by atoms with Crippen LogP contribution in [-0.2, 0) is 18.6 Å². The lowest BCUT2D eigenvalue weighted by Gasteiger charge is -2.05. The van der Waals surface area contributed by atoms with E-state index in [-0.39, 0.29) is 6.61 Å². The molecule has 0 aliphatic carbocycles. The molecular formula is C38H81O6P. The van der Waals surface area contributed by atoms with Gasteiger partial charge in [0.2, 0.25) is 0 Å². The Hall–Kier alpha value is -0.390. The molecule has 0 saturated carbocycles. The molecule has 0 bridgehead atoms. The SMILES string of the molecule is C=COCCCCCCCCCCCCCCCCCCCC.CCCCCCCCCCCCOP(=O)(O)O.CCOCC. The maximum atomic E-state index is 10.4. The average molecular weight is 665 g/mol. The van der Waals surface area contributed by atoms with Crippen LogP contribution in [0.3, 0.4) is 0 Å². The molecule has 0 rings (SSSR count). The molecule has 0 aromatic rings. The molecule has 0 amide bonds. The zero-order valence-corrected chi connectivity index (χ0v) is 31.8. The minimum absolute atomic E-state index is 0.167. The number of phosphoric acid groups is 1. The van der Waals surface area contributed by atoms with Crippen molar-refractivity contribution in [2.75, 3.05) is 26.4 Å². The molecular weight excluding hydrogens is 583 g/mol. The highest BCUT2D eigenvalue weighted by atomic mass is 31.2. The van der Waals surface area contributed by atoms with Crippen molar-refractivity contribution in [2.45, 2.75) is 207 Å². The Labute approximate surface area is 282 Å². The van der Waals surface area contributed by atoms with E-state index >= 15 is 0 Å². The zero-order chi connectivity index (χ0) is 34.0. The summed E-state index contributed by atoms with van der Waals surface area (Å²) in [5.74, 6) is 0. The number of rotatable bonds is 34. The van der Waals surface area contributed by atoms with E-state index in [2.05, 4.69) is 25.0 Å². The monoisotopic (exact) mass is 665 g/mol. The van der Waals surface area contributed by atoms with Crippen LogP contribution in [0.25, 0.3) is 0 Å². The maximum absolute atomic E-state index is 10.4. The van der Waals surface area contributed by atoms with Gasteiger partial charge in [0.1, 0.15) is 0 Å². The van der Waals surface area contributed by atoms with E-state index in [0.717, 1.165) is 39.1 Å². The van der Waals surface area contributed by atoms with E-state index in [4.69, 9.17) is 19.3 Å². The van der Waals surface area contributed by atoms with Crippen LogP contribution in [0.5, 0.6) is 0 Å². The number of hydrogen-bond donors (Lipinski definition) is 2. The van der Waals surface area contributed by atoms with Crippen LogP contribution in [0.1, 0.15) is 207 Å². The Morgan fingerprint density at radius 2 is 0.733 bits per heavy atom. The Balaban J connectivity index is -0.000000702. The van der Waals surface area contributed by atoms with Gasteiger partial charge < -0.3 is 19.3 Å². The highest BCUT2D eigenvalue weighted by Crippen LogP contribution is 2.35. The molecule has 45 heavy (non-hydrogen) atoms. The molecule has 0 aliphatic heterocycles. The van der Waals surface area contributed by atoms with Crippen LogP contribution >= 0.6 is 7.82 Å². The highest BCUT2D eigenvalue weighted by Gasteiger charge is 2.12. The summed E-state index contributed by atoms with van der Waals surface area (Å²) in [7, 11) is -4.24. The summed E-state index contributed by atoms with van der Waals surface area (Å²) in [5.41, 5.74) is 0. The molecule has 2 N–H and O–H groups in total. The molecule has 0 heterocycles. The van der Waals surface area contributed by atoms with E-state index in [0.29, 0.717) is 0 Å². The molecule has 0 aromatic heterocycles. The summed E-state index contributed by atoms with van der Waals surface area (Å²) < 4.78 is 24.7. The molecule has 0 saturated heterocycles. The van der Waals surface area contributed by atoms with Crippen molar-refractivity contribution in [3.05, 3.63) is 12.8 Å². The third kappa shape index (κ3) is 59.5. The van der Waals surface area contributed by atoms with Gasteiger partial charge in [0.05, 0.1) is 19.5 Å². The van der Waals surface area contributed by atoms with Gasteiger partial charge in [0.25, 0.3) is 0 Å². The average Bonchev–Trinajstić information content (AvgIpc) is 3.01. The van der Waals surface area contributed by atoms with Crippen LogP contribution in [0.2, 0.25) is 0 Å². The van der Waals surface area contributed by atoms with Crippen LogP contribution in [-0.4, -0.2) is 36.2 Å². The topological polar surface area (TPSA) is 85.2 Å². The van der Waals surface area contributed by atoms with Crippen LogP contribution in [0.15, 0.2) is 12.8 Å². The van der Waals surface area contributed by atoms with Gasteiger partial charge in [0, 0.05) is 13.2 Å². The van der Waals surface area contributed by atoms with Gasteiger partial charge in [-0.15, -0.1) is 0 Å². The van der Waals surface area contributed by atoms with Crippen molar-refractivity contribution in [1.29, 1.82) is 0 Å². The van der Waals surface area contributed by atoms with E-state index in [1.807, 2.05) is 13.8 Å². The van der Waals surface area contributed by atoms with Crippen molar-refractivity contribution in [2.24, 2.45) is 0 Å². The molecule has 0 aromatic carbocycles. The number of phosphoric ester groups is 1. The number of unbranched alkanes of at least 4 members (excludes halogenated alkanes) is 26. The summed E-state index contributed by atoms with van der Waals surface area (Å²) in [6.45, 7) is 14.8. The van der Waals surface area contributed by atoms with Gasteiger partial charge in [0.15, 0.2) is 0 Å². The summed E-state index contributed by atoms with van der Waals surface area (Å²) in [5, 5.41) is 0. The molecule has 0 unspecified atom stereocenters. The first-order valence-corrected chi connectivity index (χ1v) is 20.9. The number of hydrogen-bond acceptors (Lipinski definition) is 4. The predicted molar refractivity (Wildman–Crippen MR) is 197 cm³/mol. The molecule has 0 spiro atoms. The summed E-state index contributed by atoms with van der Waals surface area (Å²) >= 11 is 0. The third-order valence-electron chi connectivity index (χ3n) is 7.90. The third-order valence-corrected chi connectivity index (χ3v) is 8.42. The Morgan fingerprint density at radius 1 is 0.467 bits per heavy atom. The molecule has 6 nitrogen and oxygen atoms in total. The Kier molecular flexibility index (Phi) is 49.8. The number of ether oxygens (including phenoxy) is 2. The predicted octanol–water partition coefficient (Wildman–Crippen LogP) is 13.2. The molecule has 0 fully saturated rings. The van der Waals surface area contributed by atoms with E-state index in [9.17, 15) is 4.57 Å². The fourth-order valence-electron chi connectivity index (χ4n) is 5.15. The maximum Gasteiger partial charge on any atom is 0.469 e. The van der Waals surface area contributed by atoms with Crippen molar-refractivity contribution < 1.29 is 28.3 Å². The van der Waals surface area contributed by atoms with Crippen molar-refractivity contribution in [3.63, 3.8) is 0 Å². The Morgan fingerprint density at radius 3 is 0.956 bits per heavy atom. The molecule has 274 valence electrons. The largest absolute Gasteiger partial charge is 0.502 e. The summed E-state index contributed by atoms with van der Waals surface area (Å²) in [6, 6.07) is 0. The van der Waals surface area contributed by atoms with Gasteiger partial charge in [-0.3, -0.25) is 4.52 Å². The van der Waals surface area contributed by atoms with E-state index < -0.39 is 7.82 Å². The van der Waals surface area contributed by atoms with E-state index in [1.54, 1.807) is 6.26 Å². The van der Waals surface area contributed by atoms with Crippen LogP contribution < -0.4 is 0 Å². The summed E-state index contributed by atoms with van der Waals surface area (Å²) in [4.78, 5) is 16.9. The smallest absolute Gasteiger partial charge is 0.469 e. The highest BCUT2D eigenvalue weighted by molar-refractivity contribution is 7.46. The lowest BCUT2D eigenvalue weighted by molar-refractivity contribution is 0.162. The lowest BCUT2D eigenvalue weighted by Crippen LogP contribution is -1.92. The molecule has 7 heteroatoms. The van der Waals surface area contributed by atoms with Gasteiger partial charge in [-0.2, -0.15) is 0 Å². The quantitative estimate of drug-likeness (QED) is 0.0404. The van der Waals surface area contributed by atoms with Crippen molar-refractivity contribution in [3.8, 4) is 0 Å². The first-order chi connectivity index (χ1) is 21.9. The molecule has 0 atom stereocenters. The fourth-order valence-corrected chi connectivity index (χ4v) is 5.51. The van der Waals surface area contributed by atoms with Crippen molar-refractivity contribution >= 4 is 7.82 Å². The minimum atomic E-state index is -4.24. The van der Waals surface area contributed by atoms with Gasteiger partial charge in [-0.05, 0) is 26.7 Å². The normalized spacial score (nSPS) is 11.0. The second kappa shape index (κ2) is 45.7. The molecule has 0 radical (unpaired) electrons. The summed E-state index contributed by atoms with van der Waals surface area (Å²) in [6.07, 6.45) is 39.2. The van der Waals surface area contributed by atoms with Gasteiger partial charge >= 0.3 is 7.82 Å². The fraction of sp³-hybridized carbons (Fsp3) is 0.947. The van der Waals surface area contributed by atoms with Gasteiger partial charge in [-0.25, -0.2) is 4.57 Å². The van der Waals surface area contributed by atoms with E-state index in [1.165, 1.54) is 161 Å². The first kappa shape index (κ1) is 49.0. The molecule has 0 aliphatic rings.